The largest absolute Gasteiger partial charge is 0.507 e. The molecular weight excluding hydrogens is 448 g/mol. The van der Waals surface area contributed by atoms with Gasteiger partial charge in [0.25, 0.3) is 0 Å². The van der Waals surface area contributed by atoms with E-state index in [4.69, 9.17) is 24.4 Å². The molecule has 0 saturated carbocycles. The molecule has 0 aromatic heterocycles. The van der Waals surface area contributed by atoms with Gasteiger partial charge in [-0.1, -0.05) is 24.3 Å². The molecule has 1 fully saturated rings. The van der Waals surface area contributed by atoms with E-state index in [1.807, 2.05) is 22.2 Å². The molecule has 1 saturated heterocycles. The summed E-state index contributed by atoms with van der Waals surface area (Å²) in [5.41, 5.74) is 12.8. The van der Waals surface area contributed by atoms with Crippen LogP contribution in [0.15, 0.2) is 58.7 Å². The van der Waals surface area contributed by atoms with Gasteiger partial charge in [0.05, 0.1) is 12.4 Å². The zero-order valence-electron chi connectivity index (χ0n) is 17.1. The standard InChI is InChI=1S/C20H24N8O2S2/c29-17-7-3-1-5-15(17)13-21-23-19(31)25-27-9-11-28(12-10-27)26-20(32)24-22-14-16-6-2-4-8-18(16)30/h1-8,13-14,29-30H,9-12H2,(H2,23,25,31)(H2,24,26,32)/b21-13-,22-14+. The van der Waals surface area contributed by atoms with Gasteiger partial charge in [0.1, 0.15) is 11.5 Å². The van der Waals surface area contributed by atoms with Crippen molar-refractivity contribution < 1.29 is 10.2 Å². The molecule has 0 spiro atoms. The molecule has 10 nitrogen and oxygen atoms in total. The summed E-state index contributed by atoms with van der Waals surface area (Å²) in [7, 11) is 0. The molecule has 0 amide bonds. The Morgan fingerprint density at radius 3 is 1.47 bits per heavy atom. The molecule has 2 aromatic rings. The van der Waals surface area contributed by atoms with Crippen LogP contribution >= 0.6 is 24.4 Å². The first-order valence-electron chi connectivity index (χ1n) is 9.76. The molecular formula is C20H24N8O2S2. The highest BCUT2D eigenvalue weighted by molar-refractivity contribution is 7.80. The number of hydrazone groups is 2. The van der Waals surface area contributed by atoms with Gasteiger partial charge in [-0.2, -0.15) is 10.2 Å². The first-order chi connectivity index (χ1) is 15.5. The molecule has 12 heteroatoms. The van der Waals surface area contributed by atoms with Crippen LogP contribution in [0, 0.1) is 0 Å². The summed E-state index contributed by atoms with van der Waals surface area (Å²) in [5, 5.41) is 32.2. The number of hydrazine groups is 2. The third kappa shape index (κ3) is 7.42. The molecule has 0 bridgehead atoms. The molecule has 1 aliphatic heterocycles. The predicted molar refractivity (Wildman–Crippen MR) is 132 cm³/mol. The molecule has 168 valence electrons. The number of phenols is 2. The fraction of sp³-hybridized carbons (Fsp3) is 0.200. The monoisotopic (exact) mass is 472 g/mol. The number of thiocarbonyl (C=S) groups is 2. The van der Waals surface area contributed by atoms with Crippen LogP contribution in [0.2, 0.25) is 0 Å². The maximum Gasteiger partial charge on any atom is 0.201 e. The molecule has 6 N–H and O–H groups in total. The van der Waals surface area contributed by atoms with Crippen molar-refractivity contribution >= 4 is 47.1 Å². The predicted octanol–water partition coefficient (Wildman–Crippen LogP) is 0.842. The van der Waals surface area contributed by atoms with Crippen LogP contribution in [0.1, 0.15) is 11.1 Å². The number of phenolic OH excluding ortho intramolecular Hbond substituents is 2. The number of piperazine rings is 1. The third-order valence-electron chi connectivity index (χ3n) is 4.41. The van der Waals surface area contributed by atoms with Crippen molar-refractivity contribution in [3.63, 3.8) is 0 Å². The van der Waals surface area contributed by atoms with Crippen LogP contribution < -0.4 is 21.7 Å². The second-order valence-corrected chi connectivity index (χ2v) is 7.53. The molecule has 0 atom stereocenters. The van der Waals surface area contributed by atoms with Crippen molar-refractivity contribution in [1.29, 1.82) is 0 Å². The van der Waals surface area contributed by atoms with Crippen molar-refractivity contribution in [1.82, 2.24) is 31.7 Å². The lowest BCUT2D eigenvalue weighted by atomic mass is 10.2. The van der Waals surface area contributed by atoms with E-state index in [0.29, 0.717) is 47.5 Å². The summed E-state index contributed by atoms with van der Waals surface area (Å²) in [4.78, 5) is 0. The smallest absolute Gasteiger partial charge is 0.201 e. The fourth-order valence-corrected chi connectivity index (χ4v) is 3.15. The molecule has 32 heavy (non-hydrogen) atoms. The van der Waals surface area contributed by atoms with Crippen molar-refractivity contribution in [2.24, 2.45) is 10.2 Å². The summed E-state index contributed by atoms with van der Waals surface area (Å²) >= 11 is 10.5. The average Bonchev–Trinajstić information content (AvgIpc) is 2.78. The third-order valence-corrected chi connectivity index (χ3v) is 4.78. The highest BCUT2D eigenvalue weighted by Crippen LogP contribution is 2.13. The van der Waals surface area contributed by atoms with E-state index in [1.54, 1.807) is 36.4 Å². The Labute approximate surface area is 196 Å². The van der Waals surface area contributed by atoms with Gasteiger partial charge in [0.15, 0.2) is 0 Å². The summed E-state index contributed by atoms with van der Waals surface area (Å²) in [6, 6.07) is 13.8. The van der Waals surface area contributed by atoms with Crippen molar-refractivity contribution in [3.05, 3.63) is 59.7 Å². The van der Waals surface area contributed by atoms with Crippen molar-refractivity contribution in [2.75, 3.05) is 26.2 Å². The minimum Gasteiger partial charge on any atom is -0.507 e. The van der Waals surface area contributed by atoms with Gasteiger partial charge in [-0.25, -0.2) is 10.0 Å². The van der Waals surface area contributed by atoms with Crippen LogP contribution in [-0.4, -0.2) is 69.1 Å². The van der Waals surface area contributed by atoms with E-state index in [-0.39, 0.29) is 11.5 Å². The van der Waals surface area contributed by atoms with Gasteiger partial charge in [0.2, 0.25) is 10.2 Å². The zero-order chi connectivity index (χ0) is 22.8. The normalized spacial score (nSPS) is 15.0. The number of nitrogens with one attached hydrogen (secondary N) is 4. The maximum absolute atomic E-state index is 9.72. The summed E-state index contributed by atoms with van der Waals surface area (Å²) < 4.78 is 0. The lowest BCUT2D eigenvalue weighted by Gasteiger charge is -2.35. The van der Waals surface area contributed by atoms with Gasteiger partial charge in [-0.05, 0) is 48.7 Å². The van der Waals surface area contributed by atoms with E-state index < -0.39 is 0 Å². The van der Waals surface area contributed by atoms with Crippen LogP contribution in [0.4, 0.5) is 0 Å². The fourth-order valence-electron chi connectivity index (χ4n) is 2.78. The van der Waals surface area contributed by atoms with Gasteiger partial charge in [-0.3, -0.25) is 21.7 Å². The van der Waals surface area contributed by atoms with E-state index >= 15 is 0 Å². The lowest BCUT2D eigenvalue weighted by Crippen LogP contribution is -2.59. The maximum atomic E-state index is 9.72. The van der Waals surface area contributed by atoms with Gasteiger partial charge in [-0.15, -0.1) is 0 Å². The second kappa shape index (κ2) is 11.9. The van der Waals surface area contributed by atoms with Gasteiger partial charge in [0, 0.05) is 37.3 Å². The number of nitrogens with zero attached hydrogens (tertiary/aromatic N) is 4. The zero-order valence-corrected chi connectivity index (χ0v) is 18.7. The minimum atomic E-state index is 0.150. The van der Waals surface area contributed by atoms with Crippen molar-refractivity contribution in [3.8, 4) is 11.5 Å². The van der Waals surface area contributed by atoms with E-state index in [1.165, 1.54) is 12.4 Å². The van der Waals surface area contributed by atoms with E-state index in [0.717, 1.165) is 0 Å². The number of rotatable bonds is 6. The van der Waals surface area contributed by atoms with E-state index in [9.17, 15) is 10.2 Å². The molecule has 1 aliphatic rings. The Bertz CT molecular complexity index is 914. The van der Waals surface area contributed by atoms with Crippen LogP contribution in [0.5, 0.6) is 11.5 Å². The summed E-state index contributed by atoms with van der Waals surface area (Å²) in [6.45, 7) is 2.78. The Balaban J connectivity index is 1.34. The topological polar surface area (TPSA) is 120 Å². The highest BCUT2D eigenvalue weighted by atomic mass is 32.1. The number of aromatic hydroxyl groups is 2. The first-order valence-corrected chi connectivity index (χ1v) is 10.6. The Morgan fingerprint density at radius 2 is 1.09 bits per heavy atom. The minimum absolute atomic E-state index is 0.150. The molecule has 2 aromatic carbocycles. The molecule has 1 heterocycles. The van der Waals surface area contributed by atoms with Crippen LogP contribution in [0.3, 0.4) is 0 Å². The number of hydrogen-bond donors (Lipinski definition) is 6. The molecule has 0 unspecified atom stereocenters. The Morgan fingerprint density at radius 1 is 0.719 bits per heavy atom. The average molecular weight is 473 g/mol. The quantitative estimate of drug-likeness (QED) is 0.205. The van der Waals surface area contributed by atoms with Crippen molar-refractivity contribution in [2.45, 2.75) is 0 Å². The number of hydrogen-bond acceptors (Lipinski definition) is 8. The van der Waals surface area contributed by atoms with Crippen LogP contribution in [-0.2, 0) is 0 Å². The second-order valence-electron chi connectivity index (χ2n) is 6.71. The van der Waals surface area contributed by atoms with E-state index in [2.05, 4.69) is 31.9 Å². The summed E-state index contributed by atoms with van der Waals surface area (Å²) in [6.07, 6.45) is 3.00. The number of benzene rings is 2. The first kappa shape index (κ1) is 23.3. The summed E-state index contributed by atoms with van der Waals surface area (Å²) in [5.74, 6) is 0.300. The van der Waals surface area contributed by atoms with Crippen LogP contribution in [0.25, 0.3) is 0 Å². The highest BCUT2D eigenvalue weighted by Gasteiger charge is 2.17. The SMILES string of the molecule is Oc1ccccc1/C=N\NC(=S)NN1CCN(NC(=S)N/N=C/c2ccccc2O)CC1. The number of para-hydroxylation sites is 2. The molecule has 0 aliphatic carbocycles. The van der Waals surface area contributed by atoms with Gasteiger partial charge >= 0.3 is 0 Å². The molecule has 0 radical (unpaired) electrons. The Kier molecular flexibility index (Phi) is 8.69. The Hall–Kier alpha value is -3.32. The van der Waals surface area contributed by atoms with Gasteiger partial charge < -0.3 is 10.2 Å². The molecule has 3 rings (SSSR count). The lowest BCUT2D eigenvalue weighted by molar-refractivity contribution is 0.0936.